The van der Waals surface area contributed by atoms with Crippen molar-refractivity contribution in [3.05, 3.63) is 12.2 Å². The molecule has 1 fully saturated rings. The number of hydrogen-bond donors (Lipinski definition) is 0. The Morgan fingerprint density at radius 2 is 1.48 bits per heavy atom. The van der Waals surface area contributed by atoms with Gasteiger partial charge in [-0.05, 0) is 46.0 Å². The van der Waals surface area contributed by atoms with E-state index >= 15 is 0 Å². The molecular weight excluding hydrogens is 312 g/mol. The van der Waals surface area contributed by atoms with E-state index in [4.69, 9.17) is 14.2 Å². The van der Waals surface area contributed by atoms with E-state index in [-0.39, 0.29) is 6.10 Å². The molecule has 1 atom stereocenters. The van der Waals surface area contributed by atoms with Crippen LogP contribution in [0.5, 0.6) is 0 Å². The van der Waals surface area contributed by atoms with Gasteiger partial charge in [0, 0.05) is 6.61 Å². The highest BCUT2D eigenvalue weighted by atomic mass is 16.7. The van der Waals surface area contributed by atoms with Crippen molar-refractivity contribution in [1.29, 1.82) is 0 Å². The van der Waals surface area contributed by atoms with Crippen LogP contribution in [0.15, 0.2) is 12.2 Å². The molecule has 1 rings (SSSR count). The first-order valence-corrected chi connectivity index (χ1v) is 10.7. The zero-order valence-electron chi connectivity index (χ0n) is 17.1. The molecule has 0 bridgehead atoms. The average Bonchev–Trinajstić information content (AvgIpc) is 2.93. The minimum atomic E-state index is -0.432. The van der Waals surface area contributed by atoms with Crippen molar-refractivity contribution < 1.29 is 14.2 Å². The number of unbranched alkanes of at least 4 members (excludes halogenated alkanes) is 10. The molecule has 3 heteroatoms. The lowest BCUT2D eigenvalue weighted by atomic mass is 10.1. The van der Waals surface area contributed by atoms with Crippen LogP contribution in [0.1, 0.15) is 97.8 Å². The van der Waals surface area contributed by atoms with Gasteiger partial charge >= 0.3 is 0 Å². The summed E-state index contributed by atoms with van der Waals surface area (Å²) in [6, 6.07) is 0. The summed E-state index contributed by atoms with van der Waals surface area (Å²) in [6.45, 7) is 8.34. The minimum absolute atomic E-state index is 0.106. The number of ether oxygens (including phenoxy) is 3. The van der Waals surface area contributed by atoms with Crippen LogP contribution in [-0.2, 0) is 14.2 Å². The average molecular weight is 355 g/mol. The molecule has 0 saturated carbocycles. The second kappa shape index (κ2) is 14.8. The zero-order chi connectivity index (χ0) is 18.2. The van der Waals surface area contributed by atoms with Crippen molar-refractivity contribution in [3.63, 3.8) is 0 Å². The Balaban J connectivity index is 1.74. The molecule has 148 valence electrons. The molecule has 1 saturated heterocycles. The smallest absolute Gasteiger partial charge is 0.163 e. The largest absolute Gasteiger partial charge is 0.379 e. The van der Waals surface area contributed by atoms with Crippen LogP contribution in [0.2, 0.25) is 0 Å². The van der Waals surface area contributed by atoms with E-state index in [1.165, 1.54) is 70.6 Å². The van der Waals surface area contributed by atoms with Crippen molar-refractivity contribution in [2.45, 2.75) is 110 Å². The number of rotatable bonds is 16. The van der Waals surface area contributed by atoms with Crippen LogP contribution >= 0.6 is 0 Å². The zero-order valence-corrected chi connectivity index (χ0v) is 17.1. The van der Waals surface area contributed by atoms with Crippen LogP contribution in [0.3, 0.4) is 0 Å². The lowest BCUT2D eigenvalue weighted by molar-refractivity contribution is -0.145. The minimum Gasteiger partial charge on any atom is -0.379 e. The van der Waals surface area contributed by atoms with Crippen LogP contribution < -0.4 is 0 Å². The summed E-state index contributed by atoms with van der Waals surface area (Å²) in [5, 5.41) is 0. The number of hydrogen-bond acceptors (Lipinski definition) is 3. The molecule has 0 aromatic carbocycles. The van der Waals surface area contributed by atoms with E-state index in [1.807, 2.05) is 13.8 Å². The highest BCUT2D eigenvalue weighted by Gasteiger charge is 2.32. The molecule has 0 aromatic heterocycles. The molecule has 0 aromatic rings. The van der Waals surface area contributed by atoms with Gasteiger partial charge in [0.05, 0.1) is 13.2 Å². The first kappa shape index (κ1) is 22.7. The van der Waals surface area contributed by atoms with Crippen molar-refractivity contribution >= 4 is 0 Å². The van der Waals surface area contributed by atoms with Gasteiger partial charge in [-0.3, -0.25) is 0 Å². The quantitative estimate of drug-likeness (QED) is 0.237. The fourth-order valence-electron chi connectivity index (χ4n) is 3.16. The fourth-order valence-corrected chi connectivity index (χ4v) is 3.16. The standard InChI is InChI=1S/C22H42O3/c1-4-5-6-7-8-9-10-11-12-13-14-15-16-17-18-23-19-21-20-24-22(2,3)25-21/h9-10,21H,4-8,11-20H2,1-3H3/b10-9+. The monoisotopic (exact) mass is 354 g/mol. The summed E-state index contributed by atoms with van der Waals surface area (Å²) in [7, 11) is 0. The molecule has 1 unspecified atom stereocenters. The second-order valence-electron chi connectivity index (χ2n) is 7.76. The summed E-state index contributed by atoms with van der Waals surface area (Å²) < 4.78 is 16.9. The Kier molecular flexibility index (Phi) is 13.4. The highest BCUT2D eigenvalue weighted by molar-refractivity contribution is 4.81. The van der Waals surface area contributed by atoms with E-state index in [1.54, 1.807) is 0 Å². The predicted octanol–water partition coefficient (Wildman–Crippen LogP) is 6.41. The maximum absolute atomic E-state index is 5.72. The lowest BCUT2D eigenvalue weighted by Crippen LogP contribution is -2.24. The molecule has 25 heavy (non-hydrogen) atoms. The van der Waals surface area contributed by atoms with Crippen molar-refractivity contribution in [2.24, 2.45) is 0 Å². The van der Waals surface area contributed by atoms with Gasteiger partial charge in [0.25, 0.3) is 0 Å². The summed E-state index contributed by atoms with van der Waals surface area (Å²) >= 11 is 0. The summed E-state index contributed by atoms with van der Waals surface area (Å²) in [5.74, 6) is -0.432. The van der Waals surface area contributed by atoms with Gasteiger partial charge in [-0.15, -0.1) is 0 Å². The van der Waals surface area contributed by atoms with Crippen LogP contribution in [0.25, 0.3) is 0 Å². The molecule has 0 spiro atoms. The highest BCUT2D eigenvalue weighted by Crippen LogP contribution is 2.22. The maximum atomic E-state index is 5.72. The molecule has 0 aliphatic carbocycles. The Morgan fingerprint density at radius 1 is 0.880 bits per heavy atom. The van der Waals surface area contributed by atoms with E-state index < -0.39 is 5.79 Å². The van der Waals surface area contributed by atoms with Gasteiger partial charge in [0.15, 0.2) is 5.79 Å². The first-order valence-electron chi connectivity index (χ1n) is 10.7. The third-order valence-corrected chi connectivity index (χ3v) is 4.67. The molecule has 0 amide bonds. The first-order chi connectivity index (χ1) is 12.1. The third-order valence-electron chi connectivity index (χ3n) is 4.67. The van der Waals surface area contributed by atoms with E-state index in [0.717, 1.165) is 13.0 Å². The van der Waals surface area contributed by atoms with Gasteiger partial charge in [-0.2, -0.15) is 0 Å². The van der Waals surface area contributed by atoms with E-state index in [2.05, 4.69) is 19.1 Å². The Hall–Kier alpha value is -0.380. The van der Waals surface area contributed by atoms with E-state index in [0.29, 0.717) is 13.2 Å². The molecule has 0 N–H and O–H groups in total. The molecule has 1 aliphatic rings. The van der Waals surface area contributed by atoms with Gasteiger partial charge < -0.3 is 14.2 Å². The summed E-state index contributed by atoms with van der Waals surface area (Å²) in [4.78, 5) is 0. The molecule has 1 aliphatic heterocycles. The molecule has 0 radical (unpaired) electrons. The lowest BCUT2D eigenvalue weighted by Gasteiger charge is -2.17. The fraction of sp³-hybridized carbons (Fsp3) is 0.909. The van der Waals surface area contributed by atoms with Gasteiger partial charge in [-0.25, -0.2) is 0 Å². The SMILES string of the molecule is CCCCCC/C=C/CCCCCCCCOCC1COC(C)(C)O1. The molecule has 3 nitrogen and oxygen atoms in total. The topological polar surface area (TPSA) is 27.7 Å². The summed E-state index contributed by atoms with van der Waals surface area (Å²) in [5.41, 5.74) is 0. The van der Waals surface area contributed by atoms with Crippen molar-refractivity contribution in [1.82, 2.24) is 0 Å². The van der Waals surface area contributed by atoms with Gasteiger partial charge in [0.1, 0.15) is 6.10 Å². The van der Waals surface area contributed by atoms with Crippen molar-refractivity contribution in [3.8, 4) is 0 Å². The molecular formula is C22H42O3. The van der Waals surface area contributed by atoms with Crippen molar-refractivity contribution in [2.75, 3.05) is 19.8 Å². The Morgan fingerprint density at radius 3 is 2.08 bits per heavy atom. The number of allylic oxidation sites excluding steroid dienone is 2. The predicted molar refractivity (Wildman–Crippen MR) is 106 cm³/mol. The Bertz CT molecular complexity index is 325. The maximum Gasteiger partial charge on any atom is 0.163 e. The van der Waals surface area contributed by atoms with Crippen LogP contribution in [0, 0.1) is 0 Å². The third kappa shape index (κ3) is 13.5. The Labute approximate surface area is 156 Å². The normalized spacial score (nSPS) is 19.9. The van der Waals surface area contributed by atoms with E-state index in [9.17, 15) is 0 Å². The van der Waals surface area contributed by atoms with Gasteiger partial charge in [-0.1, -0.05) is 64.0 Å². The molecule has 1 heterocycles. The van der Waals surface area contributed by atoms with Gasteiger partial charge in [0.2, 0.25) is 0 Å². The summed E-state index contributed by atoms with van der Waals surface area (Å²) in [6.07, 6.45) is 20.7. The van der Waals surface area contributed by atoms with Crippen LogP contribution in [-0.4, -0.2) is 31.7 Å². The van der Waals surface area contributed by atoms with Crippen LogP contribution in [0.4, 0.5) is 0 Å². The second-order valence-corrected chi connectivity index (χ2v) is 7.76.